The Morgan fingerprint density at radius 1 is 0.469 bits per heavy atom. The minimum Gasteiger partial charge on any atom is -0.0557 e. The maximum absolute atomic E-state index is 2.42. The second-order valence-corrected chi connectivity index (χ2v) is 9.47. The number of aryl methyl sites for hydroxylation is 6. The second kappa shape index (κ2) is 8.51. The van der Waals surface area contributed by atoms with Crippen LogP contribution in [0.4, 0.5) is 0 Å². The van der Waals surface area contributed by atoms with E-state index in [0.717, 1.165) is 6.42 Å². The molecule has 0 nitrogen and oxygen atoms in total. The second-order valence-electron chi connectivity index (χ2n) is 9.47. The van der Waals surface area contributed by atoms with Crippen LogP contribution in [-0.2, 0) is 28.1 Å². The third-order valence-corrected chi connectivity index (χ3v) is 6.81. The third kappa shape index (κ3) is 3.81. The van der Waals surface area contributed by atoms with Crippen molar-refractivity contribution < 1.29 is 21.7 Å². The summed E-state index contributed by atoms with van der Waals surface area (Å²) in [6, 6.07) is 23.3. The average Bonchev–Trinajstić information content (AvgIpc) is 3.03. The predicted octanol–water partition coefficient (Wildman–Crippen LogP) is 8.44. The summed E-state index contributed by atoms with van der Waals surface area (Å²) in [5.74, 6) is 0. The number of benzene rings is 4. The smallest absolute Gasteiger partial charge is 0 e. The molecule has 4 aromatic carbocycles. The topological polar surface area (TPSA) is 0 Å². The van der Waals surface area contributed by atoms with E-state index in [1.807, 2.05) is 0 Å². The number of hydrogen-bond donors (Lipinski definition) is 0. The van der Waals surface area contributed by atoms with E-state index in [1.54, 1.807) is 0 Å². The summed E-state index contributed by atoms with van der Waals surface area (Å²) in [6.07, 6.45) is 1.01. The van der Waals surface area contributed by atoms with Gasteiger partial charge in [0.05, 0.1) is 0 Å². The Labute approximate surface area is 207 Å². The zero-order valence-corrected chi connectivity index (χ0v) is 21.5. The Balaban J connectivity index is 0.00000245. The van der Waals surface area contributed by atoms with Gasteiger partial charge < -0.3 is 0 Å². The fraction of sp³-hybridized carbons (Fsp3) is 0.226. The Hall–Kier alpha value is -2.41. The molecule has 1 aliphatic rings. The molecule has 1 heteroatoms. The van der Waals surface area contributed by atoms with Gasteiger partial charge in [0, 0.05) is 21.7 Å². The van der Waals surface area contributed by atoms with E-state index in [1.165, 1.54) is 77.9 Å². The summed E-state index contributed by atoms with van der Waals surface area (Å²) in [7, 11) is 0. The summed E-state index contributed by atoms with van der Waals surface area (Å²) < 4.78 is 0. The van der Waals surface area contributed by atoms with Crippen molar-refractivity contribution in [2.45, 2.75) is 48.0 Å². The fourth-order valence-corrected chi connectivity index (χ4v) is 5.79. The summed E-state index contributed by atoms with van der Waals surface area (Å²) in [4.78, 5) is 0. The molecule has 0 aliphatic heterocycles. The molecule has 0 saturated heterocycles. The van der Waals surface area contributed by atoms with Gasteiger partial charge in [0.15, 0.2) is 0 Å². The molecule has 0 N–H and O–H groups in total. The molecule has 0 heterocycles. The SMILES string of the molecule is Cc1cc(C)c(-c2ccc3c(c2)Cc2cc(-c4c(C)cc(C)cc4C)ccc2-3)c(C)c1.[Ti]. The van der Waals surface area contributed by atoms with Crippen LogP contribution in [0, 0.1) is 41.5 Å². The van der Waals surface area contributed by atoms with E-state index in [9.17, 15) is 0 Å². The van der Waals surface area contributed by atoms with Crippen LogP contribution in [-0.4, -0.2) is 0 Å². The van der Waals surface area contributed by atoms with Crippen LogP contribution < -0.4 is 0 Å². The van der Waals surface area contributed by atoms with Crippen molar-refractivity contribution in [2.75, 3.05) is 0 Å². The number of hydrogen-bond acceptors (Lipinski definition) is 0. The average molecular weight is 450 g/mol. The van der Waals surface area contributed by atoms with Crippen molar-refractivity contribution in [1.29, 1.82) is 0 Å². The quantitative estimate of drug-likeness (QED) is 0.237. The molecular formula is C31H30Ti. The van der Waals surface area contributed by atoms with Crippen LogP contribution in [0.3, 0.4) is 0 Å². The molecule has 0 radical (unpaired) electrons. The van der Waals surface area contributed by atoms with Gasteiger partial charge >= 0.3 is 0 Å². The van der Waals surface area contributed by atoms with E-state index >= 15 is 0 Å². The monoisotopic (exact) mass is 450 g/mol. The fourth-order valence-electron chi connectivity index (χ4n) is 5.79. The van der Waals surface area contributed by atoms with E-state index in [-0.39, 0.29) is 21.7 Å². The summed E-state index contributed by atoms with van der Waals surface area (Å²) >= 11 is 0. The maximum Gasteiger partial charge on any atom is 0 e. The van der Waals surface area contributed by atoms with Gasteiger partial charge in [-0.3, -0.25) is 0 Å². The van der Waals surface area contributed by atoms with Crippen LogP contribution in [0.5, 0.6) is 0 Å². The predicted molar refractivity (Wildman–Crippen MR) is 134 cm³/mol. The molecular weight excluding hydrogens is 420 g/mol. The Bertz CT molecular complexity index is 1210. The van der Waals surface area contributed by atoms with Crippen molar-refractivity contribution in [2.24, 2.45) is 0 Å². The minimum absolute atomic E-state index is 0. The molecule has 5 rings (SSSR count). The zero-order chi connectivity index (χ0) is 21.9. The van der Waals surface area contributed by atoms with Crippen LogP contribution in [0.25, 0.3) is 33.4 Å². The van der Waals surface area contributed by atoms with Crippen LogP contribution in [0.2, 0.25) is 0 Å². The van der Waals surface area contributed by atoms with Gasteiger partial charge in [0.1, 0.15) is 0 Å². The van der Waals surface area contributed by atoms with Crippen molar-refractivity contribution in [3.05, 3.63) is 105 Å². The standard InChI is InChI=1S/C31H30.Ti/c1-18-11-20(3)30(21(4)12-18)24-7-9-28-26(15-24)17-27-16-25(8-10-29(27)28)31-22(5)13-19(2)14-23(31)6;/h7-16H,17H2,1-6H3;. The third-order valence-electron chi connectivity index (χ3n) is 6.81. The molecule has 0 amide bonds. The van der Waals surface area contributed by atoms with Gasteiger partial charge in [-0.05, 0) is 115 Å². The van der Waals surface area contributed by atoms with Gasteiger partial charge in [0.25, 0.3) is 0 Å². The molecule has 0 spiro atoms. The van der Waals surface area contributed by atoms with Crippen molar-refractivity contribution in [3.8, 4) is 33.4 Å². The minimum atomic E-state index is 0. The molecule has 0 atom stereocenters. The van der Waals surface area contributed by atoms with E-state index in [0.29, 0.717) is 0 Å². The first kappa shape index (κ1) is 22.8. The Morgan fingerprint density at radius 2 is 0.812 bits per heavy atom. The molecule has 0 aromatic heterocycles. The van der Waals surface area contributed by atoms with Crippen LogP contribution in [0.1, 0.15) is 44.5 Å². The van der Waals surface area contributed by atoms with Gasteiger partial charge in [-0.15, -0.1) is 0 Å². The first-order valence-corrected chi connectivity index (χ1v) is 11.2. The molecule has 4 aromatic rings. The molecule has 0 saturated carbocycles. The number of fused-ring (bicyclic) bond motifs is 3. The van der Waals surface area contributed by atoms with Gasteiger partial charge in [0.2, 0.25) is 0 Å². The van der Waals surface area contributed by atoms with Gasteiger partial charge in [-0.25, -0.2) is 0 Å². The molecule has 0 unspecified atom stereocenters. The zero-order valence-electron chi connectivity index (χ0n) is 20.0. The Kier molecular flexibility index (Phi) is 6.05. The first-order valence-electron chi connectivity index (χ1n) is 11.2. The number of rotatable bonds is 2. The van der Waals surface area contributed by atoms with E-state index < -0.39 is 0 Å². The first-order chi connectivity index (χ1) is 14.8. The summed E-state index contributed by atoms with van der Waals surface area (Å²) in [5.41, 5.74) is 19.2. The van der Waals surface area contributed by atoms with E-state index in [4.69, 9.17) is 0 Å². The van der Waals surface area contributed by atoms with Crippen molar-refractivity contribution in [1.82, 2.24) is 0 Å². The largest absolute Gasteiger partial charge is 0.0557 e. The molecule has 158 valence electrons. The maximum atomic E-state index is 2.42. The summed E-state index contributed by atoms with van der Waals surface area (Å²) in [6.45, 7) is 13.3. The summed E-state index contributed by atoms with van der Waals surface area (Å²) in [5, 5.41) is 0. The van der Waals surface area contributed by atoms with E-state index in [2.05, 4.69) is 102 Å². The van der Waals surface area contributed by atoms with Gasteiger partial charge in [-0.1, -0.05) is 71.8 Å². The van der Waals surface area contributed by atoms with Crippen LogP contribution >= 0.6 is 0 Å². The van der Waals surface area contributed by atoms with Crippen molar-refractivity contribution in [3.63, 3.8) is 0 Å². The molecule has 0 bridgehead atoms. The van der Waals surface area contributed by atoms with Gasteiger partial charge in [-0.2, -0.15) is 0 Å². The normalized spacial score (nSPS) is 11.7. The molecule has 0 fully saturated rings. The molecule has 32 heavy (non-hydrogen) atoms. The Morgan fingerprint density at radius 3 is 1.16 bits per heavy atom. The molecule has 1 aliphatic carbocycles. The van der Waals surface area contributed by atoms with Crippen LogP contribution in [0.15, 0.2) is 60.7 Å². The van der Waals surface area contributed by atoms with Crippen molar-refractivity contribution >= 4 is 0 Å².